The van der Waals surface area contributed by atoms with Crippen molar-refractivity contribution in [2.45, 2.75) is 13.0 Å². The van der Waals surface area contributed by atoms with E-state index in [1.165, 1.54) is 0 Å². The minimum absolute atomic E-state index is 0.253. The first kappa shape index (κ1) is 19.4. The number of anilines is 1. The maximum Gasteiger partial charge on any atom is 0.265 e. The molecule has 146 valence electrons. The fourth-order valence-electron chi connectivity index (χ4n) is 2.75. The molecule has 29 heavy (non-hydrogen) atoms. The van der Waals surface area contributed by atoms with Gasteiger partial charge in [-0.1, -0.05) is 23.7 Å². The first-order chi connectivity index (χ1) is 14.0. The van der Waals surface area contributed by atoms with Crippen LogP contribution >= 0.6 is 27.5 Å². The van der Waals surface area contributed by atoms with Crippen molar-refractivity contribution < 1.29 is 9.53 Å². The van der Waals surface area contributed by atoms with Gasteiger partial charge in [0.15, 0.2) is 6.10 Å². The average molecular weight is 472 g/mol. The summed E-state index contributed by atoms with van der Waals surface area (Å²) in [7, 11) is 0. The quantitative estimate of drug-likeness (QED) is 0.433. The molecule has 2 aromatic carbocycles. The summed E-state index contributed by atoms with van der Waals surface area (Å²) in [5.41, 5.74) is 2.42. The normalized spacial score (nSPS) is 12.0. The van der Waals surface area contributed by atoms with Crippen molar-refractivity contribution in [1.82, 2.24) is 14.4 Å². The van der Waals surface area contributed by atoms with Gasteiger partial charge in [-0.2, -0.15) is 0 Å². The highest BCUT2D eigenvalue weighted by molar-refractivity contribution is 9.10. The van der Waals surface area contributed by atoms with E-state index < -0.39 is 6.10 Å². The monoisotopic (exact) mass is 470 g/mol. The third-order valence-electron chi connectivity index (χ3n) is 4.25. The number of benzene rings is 2. The number of amides is 1. The second kappa shape index (κ2) is 8.23. The summed E-state index contributed by atoms with van der Waals surface area (Å²) >= 11 is 9.31. The van der Waals surface area contributed by atoms with Gasteiger partial charge in [0.25, 0.3) is 5.91 Å². The van der Waals surface area contributed by atoms with Crippen molar-refractivity contribution in [1.29, 1.82) is 0 Å². The van der Waals surface area contributed by atoms with Gasteiger partial charge in [0.05, 0.1) is 10.2 Å². The van der Waals surface area contributed by atoms with Crippen molar-refractivity contribution in [3.8, 4) is 17.0 Å². The molecule has 6 nitrogen and oxygen atoms in total. The van der Waals surface area contributed by atoms with Crippen LogP contribution in [0.25, 0.3) is 17.0 Å². The van der Waals surface area contributed by atoms with Crippen LogP contribution in [0.3, 0.4) is 0 Å². The van der Waals surface area contributed by atoms with Crippen LogP contribution in [-0.2, 0) is 4.79 Å². The molecule has 1 atom stereocenters. The summed E-state index contributed by atoms with van der Waals surface area (Å²) in [5, 5.41) is 3.44. The zero-order valence-electron chi connectivity index (χ0n) is 15.3. The number of rotatable bonds is 5. The third-order valence-corrected chi connectivity index (χ3v) is 5.11. The van der Waals surface area contributed by atoms with Gasteiger partial charge >= 0.3 is 0 Å². The average Bonchev–Trinajstić information content (AvgIpc) is 3.15. The van der Waals surface area contributed by atoms with Gasteiger partial charge in [0, 0.05) is 34.9 Å². The zero-order chi connectivity index (χ0) is 20.4. The van der Waals surface area contributed by atoms with Crippen LogP contribution in [0.4, 0.5) is 5.69 Å². The molecule has 0 aliphatic heterocycles. The van der Waals surface area contributed by atoms with E-state index >= 15 is 0 Å². The summed E-state index contributed by atoms with van der Waals surface area (Å²) < 4.78 is 8.27. The van der Waals surface area contributed by atoms with Gasteiger partial charge in [-0.15, -0.1) is 0 Å². The van der Waals surface area contributed by atoms with E-state index in [1.807, 2.05) is 47.1 Å². The lowest BCUT2D eigenvalue weighted by molar-refractivity contribution is -0.122. The van der Waals surface area contributed by atoms with Crippen molar-refractivity contribution in [3.05, 3.63) is 76.6 Å². The van der Waals surface area contributed by atoms with Gasteiger partial charge in [0.1, 0.15) is 5.75 Å². The predicted molar refractivity (Wildman–Crippen MR) is 116 cm³/mol. The van der Waals surface area contributed by atoms with Gasteiger partial charge in [-0.3, -0.25) is 9.20 Å². The number of carbonyl (C=O) groups is 1. The molecule has 0 spiro atoms. The highest BCUT2D eigenvalue weighted by Crippen LogP contribution is 2.29. The molecule has 2 heterocycles. The van der Waals surface area contributed by atoms with E-state index in [9.17, 15) is 4.79 Å². The molecule has 0 radical (unpaired) electrons. The SMILES string of the molecule is CC(Oc1ccc(Cl)cc1Br)C(=O)Nc1ccc(-c2cn3cccnc3n2)cc1. The number of nitrogens with one attached hydrogen (secondary N) is 1. The van der Waals surface area contributed by atoms with Gasteiger partial charge in [0.2, 0.25) is 5.78 Å². The topological polar surface area (TPSA) is 68.5 Å². The molecule has 8 heteroatoms. The lowest BCUT2D eigenvalue weighted by atomic mass is 10.1. The van der Waals surface area contributed by atoms with Crippen LogP contribution in [0.2, 0.25) is 5.02 Å². The van der Waals surface area contributed by atoms with Gasteiger partial charge in [-0.05, 0) is 59.3 Å². The number of hydrogen-bond acceptors (Lipinski definition) is 4. The molecule has 4 rings (SSSR count). The molecular formula is C21H16BrClN4O2. The number of aromatic nitrogens is 3. The molecule has 2 aromatic heterocycles. The van der Waals surface area contributed by atoms with Gasteiger partial charge in [-0.25, -0.2) is 9.97 Å². The van der Waals surface area contributed by atoms with E-state index in [2.05, 4.69) is 31.2 Å². The second-order valence-electron chi connectivity index (χ2n) is 6.35. The van der Waals surface area contributed by atoms with E-state index in [-0.39, 0.29) is 5.91 Å². The fraction of sp³-hybridized carbons (Fsp3) is 0.0952. The van der Waals surface area contributed by atoms with E-state index in [1.54, 1.807) is 31.3 Å². The Morgan fingerprint density at radius 2 is 2.03 bits per heavy atom. The molecule has 1 unspecified atom stereocenters. The maximum absolute atomic E-state index is 12.5. The van der Waals surface area contributed by atoms with Crippen LogP contribution in [0.1, 0.15) is 6.92 Å². The Morgan fingerprint density at radius 3 is 2.76 bits per heavy atom. The Bertz CT molecular complexity index is 1140. The minimum Gasteiger partial charge on any atom is -0.480 e. The van der Waals surface area contributed by atoms with Crippen LogP contribution in [0.15, 0.2) is 71.6 Å². The lowest BCUT2D eigenvalue weighted by Gasteiger charge is -2.16. The Labute approximate surface area is 180 Å². The second-order valence-corrected chi connectivity index (χ2v) is 7.65. The van der Waals surface area contributed by atoms with Gasteiger partial charge < -0.3 is 10.1 Å². The smallest absolute Gasteiger partial charge is 0.265 e. The highest BCUT2D eigenvalue weighted by Gasteiger charge is 2.16. The molecule has 0 aliphatic rings. The maximum atomic E-state index is 12.5. The number of ether oxygens (including phenoxy) is 1. The molecule has 0 bridgehead atoms. The van der Waals surface area contributed by atoms with Crippen LogP contribution in [0, 0.1) is 0 Å². The Morgan fingerprint density at radius 1 is 1.24 bits per heavy atom. The number of imidazole rings is 1. The summed E-state index contributed by atoms with van der Waals surface area (Å²) in [6.07, 6.45) is 4.83. The predicted octanol–water partition coefficient (Wildman–Crippen LogP) is 5.22. The summed E-state index contributed by atoms with van der Waals surface area (Å²) in [4.78, 5) is 21.2. The van der Waals surface area contributed by atoms with Crippen LogP contribution in [0.5, 0.6) is 5.75 Å². The lowest BCUT2D eigenvalue weighted by Crippen LogP contribution is -2.30. The van der Waals surface area contributed by atoms with Crippen molar-refractivity contribution >= 4 is 44.9 Å². The van der Waals surface area contributed by atoms with Crippen LogP contribution in [-0.4, -0.2) is 26.4 Å². The highest BCUT2D eigenvalue weighted by atomic mass is 79.9. The Hall–Kier alpha value is -2.90. The zero-order valence-corrected chi connectivity index (χ0v) is 17.7. The summed E-state index contributed by atoms with van der Waals surface area (Å²) in [5.74, 6) is 0.934. The van der Waals surface area contributed by atoms with E-state index in [0.717, 1.165) is 11.3 Å². The first-order valence-electron chi connectivity index (χ1n) is 8.82. The molecule has 1 N–H and O–H groups in total. The van der Waals surface area contributed by atoms with Crippen LogP contribution < -0.4 is 10.1 Å². The number of fused-ring (bicyclic) bond motifs is 1. The molecular weight excluding hydrogens is 456 g/mol. The van der Waals surface area contributed by atoms with Crippen molar-refractivity contribution in [2.75, 3.05) is 5.32 Å². The fourth-order valence-corrected chi connectivity index (χ4v) is 3.53. The molecule has 4 aromatic rings. The third kappa shape index (κ3) is 4.41. The summed E-state index contributed by atoms with van der Waals surface area (Å²) in [6, 6.07) is 14.5. The number of carbonyl (C=O) groups excluding carboxylic acids is 1. The van der Waals surface area contributed by atoms with Crippen molar-refractivity contribution in [2.24, 2.45) is 0 Å². The number of hydrogen-bond donors (Lipinski definition) is 1. The number of halogens is 2. The molecule has 0 fully saturated rings. The molecule has 0 saturated heterocycles. The molecule has 1 amide bonds. The summed E-state index contributed by atoms with van der Waals surface area (Å²) in [6.45, 7) is 1.69. The minimum atomic E-state index is -0.684. The standard InChI is InChI=1S/C21H16BrClN4O2/c1-13(29-19-8-5-15(23)11-17(19)22)20(28)25-16-6-3-14(4-7-16)18-12-27-10-2-9-24-21(27)26-18/h2-13H,1H3,(H,25,28). The largest absolute Gasteiger partial charge is 0.480 e. The Kier molecular flexibility index (Phi) is 5.51. The first-order valence-corrected chi connectivity index (χ1v) is 9.99. The Balaban J connectivity index is 1.43. The molecule has 0 saturated carbocycles. The van der Waals surface area contributed by atoms with Crippen molar-refractivity contribution in [3.63, 3.8) is 0 Å². The van der Waals surface area contributed by atoms with E-state index in [0.29, 0.717) is 26.7 Å². The number of nitrogens with zero attached hydrogens (tertiary/aromatic N) is 3. The van der Waals surface area contributed by atoms with E-state index in [4.69, 9.17) is 16.3 Å². The molecule has 0 aliphatic carbocycles.